The van der Waals surface area contributed by atoms with Gasteiger partial charge in [-0.1, -0.05) is 38.0 Å². The molecule has 0 fully saturated rings. The molecular formula is C21H34O4. The summed E-state index contributed by atoms with van der Waals surface area (Å²) < 4.78 is 11.3. The molecule has 1 aliphatic heterocycles. The van der Waals surface area contributed by atoms with Gasteiger partial charge in [-0.2, -0.15) is 0 Å². The lowest BCUT2D eigenvalue weighted by Gasteiger charge is -2.18. The zero-order valence-corrected chi connectivity index (χ0v) is 16.0. The van der Waals surface area contributed by atoms with Gasteiger partial charge in [0.1, 0.15) is 5.76 Å². The minimum atomic E-state index is -0.277. The quantitative estimate of drug-likeness (QED) is 0.297. The van der Waals surface area contributed by atoms with E-state index in [0.717, 1.165) is 56.3 Å². The van der Waals surface area contributed by atoms with Gasteiger partial charge >= 0.3 is 0 Å². The van der Waals surface area contributed by atoms with Crippen LogP contribution in [0, 0.1) is 5.92 Å². The van der Waals surface area contributed by atoms with Gasteiger partial charge in [-0.15, -0.1) is 0 Å². The van der Waals surface area contributed by atoms with Crippen molar-refractivity contribution in [3.63, 3.8) is 0 Å². The van der Waals surface area contributed by atoms with Crippen LogP contribution in [-0.2, 0) is 14.3 Å². The number of unbranched alkanes of at least 4 members (excludes halogenated alkanes) is 3. The van der Waals surface area contributed by atoms with Crippen molar-refractivity contribution in [1.82, 2.24) is 0 Å². The normalized spacial score (nSPS) is 20.8. The van der Waals surface area contributed by atoms with Crippen LogP contribution >= 0.6 is 0 Å². The predicted octanol–water partition coefficient (Wildman–Crippen LogP) is 4.69. The monoisotopic (exact) mass is 350 g/mol. The summed E-state index contributed by atoms with van der Waals surface area (Å²) in [4.78, 5) is 12.0. The molecule has 1 heterocycles. The van der Waals surface area contributed by atoms with E-state index in [-0.39, 0.29) is 24.6 Å². The Morgan fingerprint density at radius 1 is 1.24 bits per heavy atom. The van der Waals surface area contributed by atoms with Crippen molar-refractivity contribution in [3.05, 3.63) is 35.6 Å². The second-order valence-electron chi connectivity index (χ2n) is 6.51. The van der Waals surface area contributed by atoms with E-state index in [1.165, 1.54) is 0 Å². The molecule has 0 spiro atoms. The van der Waals surface area contributed by atoms with E-state index in [1.54, 1.807) is 13.2 Å². The molecule has 0 saturated carbocycles. The lowest BCUT2D eigenvalue weighted by molar-refractivity contribution is -0.114. The summed E-state index contributed by atoms with van der Waals surface area (Å²) in [6.07, 6.45) is 14.9. The van der Waals surface area contributed by atoms with Crippen LogP contribution in [0.25, 0.3) is 0 Å². The van der Waals surface area contributed by atoms with Gasteiger partial charge in [-0.05, 0) is 50.7 Å². The first-order valence-electron chi connectivity index (χ1n) is 9.51. The second-order valence-corrected chi connectivity index (χ2v) is 6.51. The van der Waals surface area contributed by atoms with Crippen LogP contribution in [0.4, 0.5) is 0 Å². The van der Waals surface area contributed by atoms with Gasteiger partial charge in [0.25, 0.3) is 0 Å². The van der Waals surface area contributed by atoms with Crippen molar-refractivity contribution in [1.29, 1.82) is 0 Å². The Bertz CT molecular complexity index is 476. The Kier molecular flexibility index (Phi) is 11.2. The predicted molar refractivity (Wildman–Crippen MR) is 101 cm³/mol. The lowest BCUT2D eigenvalue weighted by Crippen LogP contribution is -2.20. The molecule has 0 radical (unpaired) electrons. The van der Waals surface area contributed by atoms with Crippen LogP contribution in [0.15, 0.2) is 35.6 Å². The minimum Gasteiger partial charge on any atom is -0.469 e. The number of hydrogen-bond donors (Lipinski definition) is 1. The maximum Gasteiger partial charge on any atom is 0.206 e. The Labute approximate surface area is 152 Å². The fraction of sp³-hybridized carbons (Fsp3) is 0.667. The number of methoxy groups -OCH3 is 1. The minimum absolute atomic E-state index is 0.146. The Morgan fingerprint density at radius 3 is 2.68 bits per heavy atom. The Morgan fingerprint density at radius 2 is 2.00 bits per heavy atom. The highest BCUT2D eigenvalue weighted by Gasteiger charge is 2.33. The van der Waals surface area contributed by atoms with E-state index >= 15 is 0 Å². The largest absolute Gasteiger partial charge is 0.469 e. The van der Waals surface area contributed by atoms with Crippen molar-refractivity contribution < 1.29 is 19.4 Å². The summed E-state index contributed by atoms with van der Waals surface area (Å²) >= 11 is 0. The van der Waals surface area contributed by atoms with Crippen molar-refractivity contribution in [2.24, 2.45) is 5.92 Å². The lowest BCUT2D eigenvalue weighted by atomic mass is 9.93. The maximum absolute atomic E-state index is 12.0. The summed E-state index contributed by atoms with van der Waals surface area (Å²) in [6.45, 7) is 4.30. The van der Waals surface area contributed by atoms with Crippen LogP contribution in [0.2, 0.25) is 0 Å². The van der Waals surface area contributed by atoms with E-state index < -0.39 is 0 Å². The first-order valence-corrected chi connectivity index (χ1v) is 9.51. The highest BCUT2D eigenvalue weighted by Crippen LogP contribution is 2.35. The van der Waals surface area contributed by atoms with Gasteiger partial charge in [-0.3, -0.25) is 4.79 Å². The first kappa shape index (κ1) is 21.7. The van der Waals surface area contributed by atoms with E-state index in [0.29, 0.717) is 6.42 Å². The number of aliphatic hydroxyl groups excluding tert-OH is 1. The average molecular weight is 350 g/mol. The molecule has 0 aromatic rings. The fourth-order valence-electron chi connectivity index (χ4n) is 3.01. The van der Waals surface area contributed by atoms with Crippen molar-refractivity contribution in [3.8, 4) is 0 Å². The molecule has 1 rings (SSSR count). The maximum atomic E-state index is 12.0. The van der Waals surface area contributed by atoms with Crippen molar-refractivity contribution in [2.75, 3.05) is 13.7 Å². The molecule has 1 aliphatic rings. The molecule has 25 heavy (non-hydrogen) atoms. The van der Waals surface area contributed by atoms with Gasteiger partial charge in [0.2, 0.25) is 6.29 Å². The van der Waals surface area contributed by atoms with E-state index in [1.807, 2.05) is 13.0 Å². The second kappa shape index (κ2) is 12.9. The molecule has 0 aromatic carbocycles. The molecule has 0 aliphatic carbocycles. The zero-order chi connectivity index (χ0) is 18.5. The molecule has 0 aromatic heterocycles. The summed E-state index contributed by atoms with van der Waals surface area (Å²) in [5.74, 6) is 1.17. The molecule has 1 N–H and O–H groups in total. The highest BCUT2D eigenvalue weighted by atomic mass is 16.7. The van der Waals surface area contributed by atoms with Crippen LogP contribution in [0.5, 0.6) is 0 Å². The molecule has 2 atom stereocenters. The zero-order valence-electron chi connectivity index (χ0n) is 16.0. The van der Waals surface area contributed by atoms with Crippen LogP contribution in [0.3, 0.4) is 0 Å². The molecule has 4 heteroatoms. The third kappa shape index (κ3) is 8.02. The summed E-state index contributed by atoms with van der Waals surface area (Å²) in [7, 11) is 1.66. The number of rotatable bonds is 13. The number of hydrogen-bond acceptors (Lipinski definition) is 4. The third-order valence-electron chi connectivity index (χ3n) is 4.48. The highest BCUT2D eigenvalue weighted by molar-refractivity contribution is 5.90. The number of aliphatic hydroxyl groups is 1. The Balaban J connectivity index is 2.59. The summed E-state index contributed by atoms with van der Waals surface area (Å²) in [5, 5.41) is 8.79. The molecule has 0 saturated heterocycles. The van der Waals surface area contributed by atoms with Crippen LogP contribution in [0.1, 0.15) is 65.2 Å². The number of carbonyl (C=O) groups excluding carboxylic acids is 1. The van der Waals surface area contributed by atoms with Gasteiger partial charge in [-0.25, -0.2) is 0 Å². The third-order valence-corrected chi connectivity index (χ3v) is 4.48. The SMILES string of the molecule is CCCCCC(=O)/C=C/C1=C(C)O[C@@H](OC)[C@@H]1CC/C=C\CCCO. The van der Waals surface area contributed by atoms with Crippen LogP contribution in [-0.4, -0.2) is 30.9 Å². The van der Waals surface area contributed by atoms with Crippen LogP contribution < -0.4 is 0 Å². The number of allylic oxidation sites excluding steroid dienone is 5. The summed E-state index contributed by atoms with van der Waals surface area (Å²) in [5.41, 5.74) is 1.07. The first-order chi connectivity index (χ1) is 12.1. The number of ketones is 1. The summed E-state index contributed by atoms with van der Waals surface area (Å²) in [6, 6.07) is 0. The van der Waals surface area contributed by atoms with Crippen molar-refractivity contribution in [2.45, 2.75) is 71.5 Å². The molecule has 0 unspecified atom stereocenters. The smallest absolute Gasteiger partial charge is 0.206 e. The molecule has 0 amide bonds. The Hall–Kier alpha value is -1.39. The van der Waals surface area contributed by atoms with E-state index in [4.69, 9.17) is 14.6 Å². The standard InChI is InChI=1S/C21H34O4/c1-4-5-9-12-18(23)14-15-19-17(2)25-21(24-3)20(19)13-10-7-6-8-11-16-22/h6-7,14-15,20-22H,4-5,8-13,16H2,1-3H3/b7-6-,15-14+/t20-,21-/m1/s1. The fourth-order valence-corrected chi connectivity index (χ4v) is 3.01. The molecular weight excluding hydrogens is 316 g/mol. The molecule has 0 bridgehead atoms. The van der Waals surface area contributed by atoms with E-state index in [2.05, 4.69) is 19.1 Å². The topological polar surface area (TPSA) is 55.8 Å². The van der Waals surface area contributed by atoms with E-state index in [9.17, 15) is 4.79 Å². The average Bonchev–Trinajstić information content (AvgIpc) is 2.91. The number of carbonyl (C=O) groups is 1. The van der Waals surface area contributed by atoms with Gasteiger partial charge < -0.3 is 14.6 Å². The molecule has 4 nitrogen and oxygen atoms in total. The van der Waals surface area contributed by atoms with Gasteiger partial charge in [0.05, 0.1) is 5.92 Å². The number of ether oxygens (including phenoxy) is 2. The van der Waals surface area contributed by atoms with Crippen molar-refractivity contribution >= 4 is 5.78 Å². The van der Waals surface area contributed by atoms with Gasteiger partial charge in [0, 0.05) is 20.1 Å². The molecule has 142 valence electrons. The van der Waals surface area contributed by atoms with Gasteiger partial charge in [0.15, 0.2) is 5.78 Å².